The lowest BCUT2D eigenvalue weighted by Crippen LogP contribution is -2.40. The summed E-state index contributed by atoms with van der Waals surface area (Å²) in [5.41, 5.74) is 4.01. The van der Waals surface area contributed by atoms with Gasteiger partial charge in [-0.15, -0.1) is 0 Å². The maximum atomic E-state index is 13.8. The molecule has 0 fully saturated rings. The van der Waals surface area contributed by atoms with Crippen LogP contribution in [0.5, 0.6) is 0 Å². The zero-order valence-corrected chi connectivity index (χ0v) is 22.1. The van der Waals surface area contributed by atoms with E-state index in [2.05, 4.69) is 10.6 Å². The lowest BCUT2D eigenvalue weighted by Gasteiger charge is -2.28. The number of hydrogen-bond donors (Lipinski definition) is 2. The van der Waals surface area contributed by atoms with Gasteiger partial charge in [0.1, 0.15) is 5.82 Å². The Labute approximate surface area is 217 Å². The Bertz CT molecular complexity index is 1420. The van der Waals surface area contributed by atoms with Crippen molar-refractivity contribution < 1.29 is 17.6 Å². The number of fused-ring (bicyclic) bond motifs is 1. The monoisotopic (exact) mass is 522 g/mol. The Morgan fingerprint density at radius 1 is 0.973 bits per heavy atom. The lowest BCUT2D eigenvalue weighted by atomic mass is 10.00. The van der Waals surface area contributed by atoms with E-state index in [0.29, 0.717) is 47.0 Å². The molecular weight excluding hydrogens is 491 g/mol. The third kappa shape index (κ3) is 5.68. The standard InChI is InChI=1S/C28H31FN4O3S/c1-19(2)37(35,36)33(17-16-32(3)4)23-13-11-22(12-14-23)30-27(20-8-6-5-7-9-20)26-24-15-10-21(29)18-25(24)31-28(26)34/h5-15,18-19,30H,16-17H2,1-4H3,(H,31,34)/b27-26-. The lowest BCUT2D eigenvalue weighted by molar-refractivity contribution is -0.110. The van der Waals surface area contributed by atoms with Gasteiger partial charge in [0.25, 0.3) is 5.91 Å². The second-order valence-corrected chi connectivity index (χ2v) is 11.8. The molecule has 3 aromatic rings. The van der Waals surface area contributed by atoms with Gasteiger partial charge in [0.05, 0.1) is 27.9 Å². The summed E-state index contributed by atoms with van der Waals surface area (Å²) in [5, 5.41) is 5.53. The Balaban J connectivity index is 1.73. The number of likely N-dealkylation sites (N-methyl/N-ethyl adjacent to an activating group) is 1. The fourth-order valence-corrected chi connectivity index (χ4v) is 5.34. The molecule has 7 nitrogen and oxygen atoms in total. The van der Waals surface area contributed by atoms with E-state index in [1.807, 2.05) is 49.3 Å². The maximum absolute atomic E-state index is 13.8. The second-order valence-electron chi connectivity index (χ2n) is 9.40. The fourth-order valence-electron chi connectivity index (χ4n) is 4.08. The number of carbonyl (C=O) groups excluding carboxylic acids is 1. The van der Waals surface area contributed by atoms with Gasteiger partial charge in [0, 0.05) is 24.3 Å². The van der Waals surface area contributed by atoms with Crippen molar-refractivity contribution in [2.24, 2.45) is 0 Å². The molecule has 0 saturated heterocycles. The Kier molecular flexibility index (Phi) is 7.65. The van der Waals surface area contributed by atoms with Crippen LogP contribution in [0.25, 0.3) is 11.3 Å². The molecule has 1 aliphatic rings. The minimum absolute atomic E-state index is 0.327. The number of halogens is 1. The van der Waals surface area contributed by atoms with Gasteiger partial charge in [-0.3, -0.25) is 9.10 Å². The molecular formula is C28H31FN4O3S. The summed E-state index contributed by atoms with van der Waals surface area (Å²) in [6.45, 7) is 4.24. The van der Waals surface area contributed by atoms with E-state index in [1.54, 1.807) is 44.2 Å². The van der Waals surface area contributed by atoms with E-state index < -0.39 is 21.1 Å². The summed E-state index contributed by atoms with van der Waals surface area (Å²) in [6.07, 6.45) is 0. The third-order valence-corrected chi connectivity index (χ3v) is 8.32. The highest BCUT2D eigenvalue weighted by Crippen LogP contribution is 2.38. The Morgan fingerprint density at radius 3 is 2.27 bits per heavy atom. The summed E-state index contributed by atoms with van der Waals surface area (Å²) in [7, 11) is 0.270. The SMILES string of the molecule is CC(C)S(=O)(=O)N(CCN(C)C)c1ccc(N/C(=C2\C(=O)Nc3cc(F)ccc32)c2ccccc2)cc1. The van der Waals surface area contributed by atoms with Gasteiger partial charge in [0.2, 0.25) is 10.0 Å². The van der Waals surface area contributed by atoms with E-state index in [-0.39, 0.29) is 5.91 Å². The van der Waals surface area contributed by atoms with Crippen LogP contribution in [0, 0.1) is 5.82 Å². The first kappa shape index (κ1) is 26.4. The molecule has 1 heterocycles. The van der Waals surface area contributed by atoms with Crippen LogP contribution in [0.2, 0.25) is 0 Å². The van der Waals surface area contributed by atoms with Crippen LogP contribution in [0.4, 0.5) is 21.5 Å². The summed E-state index contributed by atoms with van der Waals surface area (Å²) < 4.78 is 41.3. The molecule has 0 saturated carbocycles. The van der Waals surface area contributed by atoms with Gasteiger partial charge in [-0.25, -0.2) is 12.8 Å². The third-order valence-electron chi connectivity index (χ3n) is 6.12. The molecule has 0 unspecified atom stereocenters. The molecule has 0 bridgehead atoms. The molecule has 194 valence electrons. The zero-order valence-electron chi connectivity index (χ0n) is 21.3. The normalized spacial score (nSPS) is 14.5. The van der Waals surface area contributed by atoms with Crippen molar-refractivity contribution in [2.45, 2.75) is 19.1 Å². The van der Waals surface area contributed by atoms with E-state index in [0.717, 1.165) is 5.56 Å². The smallest absolute Gasteiger partial charge is 0.258 e. The number of nitrogens with zero attached hydrogens (tertiary/aromatic N) is 2. The van der Waals surface area contributed by atoms with Gasteiger partial charge < -0.3 is 15.5 Å². The van der Waals surface area contributed by atoms with E-state index in [4.69, 9.17) is 0 Å². The van der Waals surface area contributed by atoms with Crippen LogP contribution < -0.4 is 14.9 Å². The van der Waals surface area contributed by atoms with E-state index >= 15 is 0 Å². The number of carbonyl (C=O) groups is 1. The zero-order chi connectivity index (χ0) is 26.7. The number of nitrogens with one attached hydrogen (secondary N) is 2. The van der Waals surface area contributed by atoms with Gasteiger partial charge in [-0.1, -0.05) is 30.3 Å². The van der Waals surface area contributed by atoms with Crippen molar-refractivity contribution >= 4 is 44.3 Å². The van der Waals surface area contributed by atoms with Crippen molar-refractivity contribution in [3.05, 3.63) is 89.7 Å². The summed E-state index contributed by atoms with van der Waals surface area (Å²) >= 11 is 0. The topological polar surface area (TPSA) is 81.8 Å². The van der Waals surface area contributed by atoms with Crippen molar-refractivity contribution in [1.82, 2.24) is 4.90 Å². The highest BCUT2D eigenvalue weighted by Gasteiger charge is 2.29. The number of amides is 1. The van der Waals surface area contributed by atoms with Crippen molar-refractivity contribution in [1.29, 1.82) is 0 Å². The van der Waals surface area contributed by atoms with Gasteiger partial charge in [-0.2, -0.15) is 0 Å². The number of hydrogen-bond acceptors (Lipinski definition) is 5. The number of rotatable bonds is 9. The summed E-state index contributed by atoms with van der Waals surface area (Å²) in [6, 6.07) is 20.7. The highest BCUT2D eigenvalue weighted by molar-refractivity contribution is 7.93. The van der Waals surface area contributed by atoms with Crippen LogP contribution in [-0.2, 0) is 14.8 Å². The summed E-state index contributed by atoms with van der Waals surface area (Å²) in [4.78, 5) is 14.9. The predicted octanol–water partition coefficient (Wildman–Crippen LogP) is 4.86. The highest BCUT2D eigenvalue weighted by atomic mass is 32.2. The van der Waals surface area contributed by atoms with E-state index in [9.17, 15) is 17.6 Å². The fraction of sp³-hybridized carbons (Fsp3) is 0.250. The van der Waals surface area contributed by atoms with Gasteiger partial charge >= 0.3 is 0 Å². The molecule has 1 amide bonds. The average molecular weight is 523 g/mol. The van der Waals surface area contributed by atoms with Crippen LogP contribution in [0.15, 0.2) is 72.8 Å². The first-order chi connectivity index (χ1) is 17.6. The molecule has 0 atom stereocenters. The number of benzene rings is 3. The predicted molar refractivity (Wildman–Crippen MR) is 148 cm³/mol. The molecule has 2 N–H and O–H groups in total. The molecule has 0 spiro atoms. The molecule has 0 aliphatic carbocycles. The first-order valence-electron chi connectivity index (χ1n) is 12.0. The molecule has 4 rings (SSSR count). The Morgan fingerprint density at radius 2 is 1.65 bits per heavy atom. The van der Waals surface area contributed by atoms with Crippen LogP contribution in [-0.4, -0.2) is 51.7 Å². The Hall–Kier alpha value is -3.69. The maximum Gasteiger partial charge on any atom is 0.258 e. The van der Waals surface area contributed by atoms with Crippen molar-refractivity contribution in [3.8, 4) is 0 Å². The second kappa shape index (κ2) is 10.7. The minimum Gasteiger partial charge on any atom is -0.354 e. The average Bonchev–Trinajstić information content (AvgIpc) is 3.18. The first-order valence-corrected chi connectivity index (χ1v) is 13.5. The summed E-state index contributed by atoms with van der Waals surface area (Å²) in [5.74, 6) is -0.762. The molecule has 0 aromatic heterocycles. The molecule has 0 radical (unpaired) electrons. The molecule has 9 heteroatoms. The van der Waals surface area contributed by atoms with Gasteiger partial charge in [-0.05, 0) is 76.0 Å². The van der Waals surface area contributed by atoms with Crippen LogP contribution >= 0.6 is 0 Å². The van der Waals surface area contributed by atoms with Gasteiger partial charge in [0.15, 0.2) is 0 Å². The quantitative estimate of drug-likeness (QED) is 0.392. The van der Waals surface area contributed by atoms with Crippen LogP contribution in [0.3, 0.4) is 0 Å². The van der Waals surface area contributed by atoms with Crippen LogP contribution in [0.1, 0.15) is 25.0 Å². The van der Waals surface area contributed by atoms with Crippen molar-refractivity contribution in [3.63, 3.8) is 0 Å². The minimum atomic E-state index is -3.53. The number of anilines is 3. The van der Waals surface area contributed by atoms with Crippen molar-refractivity contribution in [2.75, 3.05) is 42.1 Å². The largest absolute Gasteiger partial charge is 0.354 e. The molecule has 37 heavy (non-hydrogen) atoms. The molecule has 3 aromatic carbocycles. The van der Waals surface area contributed by atoms with E-state index in [1.165, 1.54) is 16.4 Å². The number of sulfonamides is 1. The molecule has 1 aliphatic heterocycles.